The lowest BCUT2D eigenvalue weighted by molar-refractivity contribution is 0.102. The molecule has 0 saturated heterocycles. The second-order valence-corrected chi connectivity index (χ2v) is 7.34. The second-order valence-electron chi connectivity index (χ2n) is 7.34. The van der Waals surface area contributed by atoms with Crippen LogP contribution in [-0.4, -0.2) is 32.8 Å². The monoisotopic (exact) mass is 380 g/mol. The van der Waals surface area contributed by atoms with Gasteiger partial charge < -0.3 is 14.7 Å². The van der Waals surface area contributed by atoms with Crippen molar-refractivity contribution in [3.63, 3.8) is 0 Å². The zero-order valence-electron chi connectivity index (χ0n) is 16.6. The van der Waals surface area contributed by atoms with Crippen LogP contribution in [0.15, 0.2) is 16.8 Å². The Kier molecular flexibility index (Phi) is 4.62. The molecule has 4 heterocycles. The molecule has 0 spiro atoms. The van der Waals surface area contributed by atoms with E-state index in [4.69, 9.17) is 9.51 Å². The quantitative estimate of drug-likeness (QED) is 0.721. The molecule has 8 nitrogen and oxygen atoms in total. The minimum Gasteiger partial charge on any atom is -0.362 e. The molecular weight excluding hydrogens is 356 g/mol. The topological polar surface area (TPSA) is 99.9 Å². The summed E-state index contributed by atoms with van der Waals surface area (Å²) in [6.45, 7) is 9.39. The van der Waals surface area contributed by atoms with Crippen molar-refractivity contribution in [1.82, 2.24) is 20.3 Å². The van der Waals surface area contributed by atoms with Crippen molar-refractivity contribution in [3.05, 3.63) is 51.8 Å². The van der Waals surface area contributed by atoms with Crippen LogP contribution < -0.4 is 10.2 Å². The van der Waals surface area contributed by atoms with Crippen molar-refractivity contribution in [1.29, 1.82) is 0 Å². The lowest BCUT2D eigenvalue weighted by Gasteiger charge is -2.30. The Balaban J connectivity index is 1.59. The smallest absolute Gasteiger partial charge is 0.275 e. The number of anilines is 2. The van der Waals surface area contributed by atoms with E-state index in [9.17, 15) is 4.79 Å². The zero-order valence-corrected chi connectivity index (χ0v) is 16.6. The molecule has 0 unspecified atom stereocenters. The Bertz CT molecular complexity index is 1040. The van der Waals surface area contributed by atoms with Crippen LogP contribution in [-0.2, 0) is 13.0 Å². The first-order valence-electron chi connectivity index (χ1n) is 9.42. The van der Waals surface area contributed by atoms with Crippen molar-refractivity contribution >= 4 is 17.4 Å². The van der Waals surface area contributed by atoms with E-state index in [1.165, 1.54) is 0 Å². The fourth-order valence-corrected chi connectivity index (χ4v) is 3.47. The summed E-state index contributed by atoms with van der Waals surface area (Å²) in [6, 6.07) is 2.09. The predicted molar refractivity (Wildman–Crippen MR) is 106 cm³/mol. The molecule has 4 rings (SSSR count). The third-order valence-corrected chi connectivity index (χ3v) is 5.33. The van der Waals surface area contributed by atoms with Crippen molar-refractivity contribution in [2.75, 3.05) is 16.8 Å². The molecular formula is C20H24N6O2. The number of hydrogen-bond donors (Lipinski definition) is 2. The van der Waals surface area contributed by atoms with Crippen LogP contribution in [0.1, 0.15) is 50.7 Å². The number of carbonyl (C=O) groups excluding carboxylic acids is 1. The molecule has 0 fully saturated rings. The molecule has 3 aromatic rings. The Morgan fingerprint density at radius 3 is 2.79 bits per heavy atom. The molecule has 8 heteroatoms. The van der Waals surface area contributed by atoms with Crippen molar-refractivity contribution in [3.8, 4) is 0 Å². The van der Waals surface area contributed by atoms with Gasteiger partial charge in [0.15, 0.2) is 5.76 Å². The Labute approximate surface area is 163 Å². The largest absolute Gasteiger partial charge is 0.362 e. The summed E-state index contributed by atoms with van der Waals surface area (Å²) < 4.78 is 5.49. The van der Waals surface area contributed by atoms with Gasteiger partial charge in [-0.25, -0.2) is 4.98 Å². The number of aryl methyl sites for hydroxylation is 4. The molecule has 1 aliphatic rings. The number of aromatic amines is 1. The Morgan fingerprint density at radius 2 is 2.11 bits per heavy atom. The normalized spacial score (nSPS) is 13.5. The van der Waals surface area contributed by atoms with E-state index < -0.39 is 0 Å². The number of amides is 1. The highest BCUT2D eigenvalue weighted by Crippen LogP contribution is 2.31. The van der Waals surface area contributed by atoms with Gasteiger partial charge >= 0.3 is 0 Å². The number of nitrogens with one attached hydrogen (secondary N) is 2. The number of fused-ring (bicyclic) bond motifs is 1. The van der Waals surface area contributed by atoms with Crippen molar-refractivity contribution in [2.24, 2.45) is 0 Å². The highest BCUT2D eigenvalue weighted by atomic mass is 16.5. The number of aromatic nitrogens is 4. The summed E-state index contributed by atoms with van der Waals surface area (Å²) in [5.41, 5.74) is 6.27. The van der Waals surface area contributed by atoms with Gasteiger partial charge in [0, 0.05) is 12.1 Å². The van der Waals surface area contributed by atoms with Crippen molar-refractivity contribution < 1.29 is 9.32 Å². The first-order valence-corrected chi connectivity index (χ1v) is 9.42. The average Bonchev–Trinajstić information content (AvgIpc) is 3.23. The van der Waals surface area contributed by atoms with Crippen LogP contribution in [0.5, 0.6) is 0 Å². The van der Waals surface area contributed by atoms with E-state index in [2.05, 4.69) is 31.6 Å². The number of H-pyrrole nitrogens is 1. The Morgan fingerprint density at radius 1 is 1.29 bits per heavy atom. The molecule has 0 bridgehead atoms. The number of pyridine rings is 1. The number of nitrogens with zero attached hydrogens (tertiary/aromatic N) is 4. The fraction of sp³-hybridized carbons (Fsp3) is 0.400. The zero-order chi connectivity index (χ0) is 19.8. The van der Waals surface area contributed by atoms with E-state index in [-0.39, 0.29) is 5.91 Å². The first-order chi connectivity index (χ1) is 13.4. The van der Waals surface area contributed by atoms with Crippen LogP contribution in [0.4, 0.5) is 11.5 Å². The van der Waals surface area contributed by atoms with Crippen LogP contribution in [0.3, 0.4) is 0 Å². The van der Waals surface area contributed by atoms with E-state index in [1.807, 2.05) is 27.7 Å². The summed E-state index contributed by atoms with van der Waals surface area (Å²) in [5, 5.41) is 13.6. The summed E-state index contributed by atoms with van der Waals surface area (Å²) in [5.74, 6) is 1.24. The first kappa shape index (κ1) is 18.2. The van der Waals surface area contributed by atoms with E-state index in [0.717, 1.165) is 58.9 Å². The molecule has 28 heavy (non-hydrogen) atoms. The third-order valence-electron chi connectivity index (χ3n) is 5.33. The molecule has 1 aliphatic heterocycles. The van der Waals surface area contributed by atoms with E-state index in [1.54, 1.807) is 6.20 Å². The van der Waals surface area contributed by atoms with Gasteiger partial charge in [0.1, 0.15) is 11.5 Å². The Hall–Kier alpha value is -3.16. The molecule has 0 atom stereocenters. The molecule has 3 aromatic heterocycles. The number of rotatable bonds is 4. The van der Waals surface area contributed by atoms with Gasteiger partial charge in [-0.05, 0) is 57.7 Å². The van der Waals surface area contributed by atoms with Crippen LogP contribution in [0, 0.1) is 27.7 Å². The lowest BCUT2D eigenvalue weighted by Crippen LogP contribution is -2.30. The van der Waals surface area contributed by atoms with Gasteiger partial charge in [0.2, 0.25) is 0 Å². The van der Waals surface area contributed by atoms with E-state index in [0.29, 0.717) is 18.1 Å². The molecule has 0 radical (unpaired) electrons. The lowest BCUT2D eigenvalue weighted by atomic mass is 10.0. The van der Waals surface area contributed by atoms with Gasteiger partial charge in [-0.2, -0.15) is 5.10 Å². The molecule has 146 valence electrons. The summed E-state index contributed by atoms with van der Waals surface area (Å²) in [7, 11) is 0. The van der Waals surface area contributed by atoms with Crippen LogP contribution >= 0.6 is 0 Å². The van der Waals surface area contributed by atoms with Gasteiger partial charge in [0.25, 0.3) is 5.91 Å². The van der Waals surface area contributed by atoms with Crippen LogP contribution in [0.2, 0.25) is 0 Å². The summed E-state index contributed by atoms with van der Waals surface area (Å²) in [4.78, 5) is 19.5. The number of carbonyl (C=O) groups is 1. The molecule has 0 aliphatic carbocycles. The highest BCUT2D eigenvalue weighted by Gasteiger charge is 2.23. The number of hydrogen-bond acceptors (Lipinski definition) is 6. The predicted octanol–water partition coefficient (Wildman–Crippen LogP) is 3.23. The minimum absolute atomic E-state index is 0.231. The molecule has 0 saturated carbocycles. The summed E-state index contributed by atoms with van der Waals surface area (Å²) in [6.07, 6.45) is 3.52. The van der Waals surface area contributed by atoms with Gasteiger partial charge in [0.05, 0.1) is 29.8 Å². The molecule has 2 N–H and O–H groups in total. The minimum atomic E-state index is -0.231. The summed E-state index contributed by atoms with van der Waals surface area (Å²) >= 11 is 0. The standard InChI is InChI=1S/C20H24N6O2/c1-11-8-16-15(22-19(11)23-20(27)18-12(2)9-21-24-18)6-5-7-26(16)10-17-13(3)14(4)25-28-17/h8-9H,5-7,10H2,1-4H3,(H,21,24)(H,22,23,27). The fourth-order valence-electron chi connectivity index (χ4n) is 3.47. The molecule has 0 aromatic carbocycles. The SMILES string of the molecule is Cc1cc2c(nc1NC(=O)c1[nH]ncc1C)CCCN2Cc1onc(C)c1C. The maximum atomic E-state index is 12.5. The van der Waals surface area contributed by atoms with Gasteiger partial charge in [-0.3, -0.25) is 9.89 Å². The maximum absolute atomic E-state index is 12.5. The highest BCUT2D eigenvalue weighted by molar-refractivity contribution is 6.03. The third kappa shape index (κ3) is 3.26. The van der Waals surface area contributed by atoms with E-state index >= 15 is 0 Å². The molecule has 1 amide bonds. The van der Waals surface area contributed by atoms with Crippen LogP contribution in [0.25, 0.3) is 0 Å². The second kappa shape index (κ2) is 7.10. The van der Waals surface area contributed by atoms with Crippen molar-refractivity contribution in [2.45, 2.75) is 47.1 Å². The maximum Gasteiger partial charge on any atom is 0.275 e. The van der Waals surface area contributed by atoms with Gasteiger partial charge in [-0.1, -0.05) is 5.16 Å². The average molecular weight is 380 g/mol. The van der Waals surface area contributed by atoms with Gasteiger partial charge in [-0.15, -0.1) is 0 Å².